The summed E-state index contributed by atoms with van der Waals surface area (Å²) in [5.74, 6) is 0.819. The fourth-order valence-electron chi connectivity index (χ4n) is 3.00. The molecular weight excluding hydrogens is 363 g/mol. The van der Waals surface area contributed by atoms with Gasteiger partial charge in [0.25, 0.3) is 0 Å². The van der Waals surface area contributed by atoms with Gasteiger partial charge in [0.05, 0.1) is 12.2 Å². The Bertz CT molecular complexity index is 683. The maximum atomic E-state index is 13.0. The highest BCUT2D eigenvalue weighted by Crippen LogP contribution is 2.31. The second-order valence-corrected chi connectivity index (χ2v) is 6.95. The van der Waals surface area contributed by atoms with Crippen LogP contribution in [0.25, 0.3) is 0 Å². The van der Waals surface area contributed by atoms with Gasteiger partial charge in [0.2, 0.25) is 0 Å². The van der Waals surface area contributed by atoms with E-state index in [1.807, 2.05) is 24.3 Å². The second-order valence-electron chi connectivity index (χ2n) is 6.95. The van der Waals surface area contributed by atoms with E-state index in [9.17, 15) is 13.2 Å². The van der Waals surface area contributed by atoms with Gasteiger partial charge >= 0.3 is 6.18 Å². The zero-order valence-corrected chi connectivity index (χ0v) is 16.5. The van der Waals surface area contributed by atoms with Crippen molar-refractivity contribution in [1.82, 2.24) is 5.32 Å². The molecule has 0 saturated carbocycles. The van der Waals surface area contributed by atoms with Crippen molar-refractivity contribution >= 4 is 0 Å². The molecule has 0 spiro atoms. The minimum Gasteiger partial charge on any atom is -0.494 e. The maximum absolute atomic E-state index is 13.0. The van der Waals surface area contributed by atoms with E-state index in [-0.39, 0.29) is 12.1 Å². The first-order valence-electron chi connectivity index (χ1n) is 10.0. The van der Waals surface area contributed by atoms with Crippen LogP contribution in [0.2, 0.25) is 0 Å². The molecule has 2 rings (SSSR count). The van der Waals surface area contributed by atoms with Crippen molar-refractivity contribution < 1.29 is 17.9 Å². The average molecular weight is 392 g/mol. The number of rotatable bonds is 12. The second kappa shape index (κ2) is 11.7. The third-order valence-corrected chi connectivity index (χ3v) is 4.59. The molecule has 0 amide bonds. The molecule has 0 aromatic heterocycles. The molecule has 0 saturated heterocycles. The van der Waals surface area contributed by atoms with Gasteiger partial charge in [0.1, 0.15) is 5.75 Å². The topological polar surface area (TPSA) is 23.3 Å². The first kappa shape index (κ1) is 22.3. The van der Waals surface area contributed by atoms with Gasteiger partial charge in [0, 0.05) is 13.1 Å². The first-order valence-corrected chi connectivity index (χ1v) is 10.0. The Morgan fingerprint density at radius 3 is 2.21 bits per heavy atom. The van der Waals surface area contributed by atoms with Gasteiger partial charge in [-0.25, -0.2) is 5.32 Å². The van der Waals surface area contributed by atoms with Crippen LogP contribution < -0.4 is 10.1 Å². The quantitative estimate of drug-likeness (QED) is 0.367. The molecule has 0 heterocycles. The summed E-state index contributed by atoms with van der Waals surface area (Å²) in [7, 11) is 0. The van der Waals surface area contributed by atoms with Gasteiger partial charge in [-0.1, -0.05) is 69.4 Å². The van der Waals surface area contributed by atoms with Crippen LogP contribution in [-0.4, -0.2) is 6.61 Å². The van der Waals surface area contributed by atoms with Crippen LogP contribution in [0.4, 0.5) is 13.2 Å². The molecule has 0 unspecified atom stereocenters. The van der Waals surface area contributed by atoms with Gasteiger partial charge in [-0.15, -0.1) is 0 Å². The predicted molar refractivity (Wildman–Crippen MR) is 106 cm³/mol. The number of halogens is 3. The van der Waals surface area contributed by atoms with Gasteiger partial charge in [-0.05, 0) is 35.7 Å². The van der Waals surface area contributed by atoms with Crippen LogP contribution in [0.3, 0.4) is 0 Å². The summed E-state index contributed by atoms with van der Waals surface area (Å²) in [6.45, 7) is 3.35. The van der Waals surface area contributed by atoms with E-state index < -0.39 is 11.7 Å². The zero-order chi connectivity index (χ0) is 20.2. The average Bonchev–Trinajstić information content (AvgIpc) is 2.68. The molecule has 2 nitrogen and oxygen atoms in total. The maximum Gasteiger partial charge on any atom is 0.416 e. The molecule has 0 aliphatic rings. The summed E-state index contributed by atoms with van der Waals surface area (Å²) < 4.78 is 44.7. The van der Waals surface area contributed by atoms with E-state index >= 15 is 0 Å². The largest absolute Gasteiger partial charge is 0.494 e. The summed E-state index contributed by atoms with van der Waals surface area (Å²) in [5.41, 5.74) is 0.544. The smallest absolute Gasteiger partial charge is 0.416 e. The third-order valence-electron chi connectivity index (χ3n) is 4.59. The molecule has 0 atom stereocenters. The van der Waals surface area contributed by atoms with Crippen LogP contribution in [0.5, 0.6) is 5.75 Å². The molecule has 0 fully saturated rings. The van der Waals surface area contributed by atoms with E-state index in [1.54, 1.807) is 6.07 Å². The number of hydrogen-bond donors (Lipinski definition) is 0. The molecule has 0 N–H and O–H groups in total. The molecule has 0 aliphatic carbocycles. The summed E-state index contributed by atoms with van der Waals surface area (Å²) >= 11 is 0. The predicted octanol–water partition coefficient (Wildman–Crippen LogP) is 6.75. The number of nitrogens with zero attached hydrogens (tertiary/aromatic N) is 1. The lowest BCUT2D eigenvalue weighted by atomic mass is 10.1. The Hall–Kier alpha value is -2.01. The standard InChI is InChI=1S/C23H29F3NO/c1-2-3-4-5-6-9-16-28-21-14-12-19(13-15-21)17-27-18-20-10-7-8-11-22(20)23(24,25)26/h7-8,10-15H,2-6,9,16-18H2,1H3. The Kier molecular flexibility index (Phi) is 9.35. The molecule has 2 aromatic rings. The van der Waals surface area contributed by atoms with E-state index in [0.29, 0.717) is 13.2 Å². The zero-order valence-electron chi connectivity index (χ0n) is 16.5. The number of hydrogen-bond acceptors (Lipinski definition) is 1. The van der Waals surface area contributed by atoms with Gasteiger partial charge in [-0.3, -0.25) is 0 Å². The Morgan fingerprint density at radius 2 is 1.50 bits per heavy atom. The highest BCUT2D eigenvalue weighted by atomic mass is 19.4. The lowest BCUT2D eigenvalue weighted by Crippen LogP contribution is -2.13. The van der Waals surface area contributed by atoms with Crippen LogP contribution in [-0.2, 0) is 19.3 Å². The molecule has 1 radical (unpaired) electrons. The summed E-state index contributed by atoms with van der Waals surface area (Å²) in [5, 5.41) is 4.29. The van der Waals surface area contributed by atoms with E-state index in [1.165, 1.54) is 44.2 Å². The van der Waals surface area contributed by atoms with Gasteiger partial charge in [-0.2, -0.15) is 13.2 Å². The van der Waals surface area contributed by atoms with Crippen molar-refractivity contribution in [3.8, 4) is 5.75 Å². The van der Waals surface area contributed by atoms with Crippen molar-refractivity contribution in [2.24, 2.45) is 0 Å². The lowest BCUT2D eigenvalue weighted by Gasteiger charge is -2.12. The number of benzene rings is 2. The molecule has 0 bridgehead atoms. The van der Waals surface area contributed by atoms with Crippen molar-refractivity contribution in [1.29, 1.82) is 0 Å². The normalized spacial score (nSPS) is 11.6. The van der Waals surface area contributed by atoms with Crippen molar-refractivity contribution in [2.75, 3.05) is 6.61 Å². The van der Waals surface area contributed by atoms with Crippen molar-refractivity contribution in [3.05, 3.63) is 65.2 Å². The Morgan fingerprint density at radius 1 is 0.821 bits per heavy atom. The van der Waals surface area contributed by atoms with Gasteiger partial charge in [0.15, 0.2) is 0 Å². The van der Waals surface area contributed by atoms with Crippen LogP contribution in [0, 0.1) is 0 Å². The number of unbranched alkanes of at least 4 members (excludes halogenated alkanes) is 5. The van der Waals surface area contributed by atoms with Crippen LogP contribution in [0.1, 0.15) is 62.1 Å². The SMILES string of the molecule is CCCCCCCCOc1ccc(C[N]Cc2ccccc2C(F)(F)F)cc1. The van der Waals surface area contributed by atoms with Crippen molar-refractivity contribution in [2.45, 2.75) is 64.7 Å². The highest BCUT2D eigenvalue weighted by Gasteiger charge is 2.32. The lowest BCUT2D eigenvalue weighted by molar-refractivity contribution is -0.138. The highest BCUT2D eigenvalue weighted by molar-refractivity contribution is 5.30. The van der Waals surface area contributed by atoms with E-state index in [4.69, 9.17) is 4.74 Å². The van der Waals surface area contributed by atoms with E-state index in [0.717, 1.165) is 23.8 Å². The summed E-state index contributed by atoms with van der Waals surface area (Å²) in [6, 6.07) is 13.2. The Labute approximate surface area is 166 Å². The molecular formula is C23H29F3NO. The Balaban J connectivity index is 1.71. The third kappa shape index (κ3) is 7.93. The first-order chi connectivity index (χ1) is 13.5. The minimum atomic E-state index is -4.35. The minimum absolute atomic E-state index is 0.0476. The van der Waals surface area contributed by atoms with Crippen molar-refractivity contribution in [3.63, 3.8) is 0 Å². The monoisotopic (exact) mass is 392 g/mol. The summed E-state index contributed by atoms with van der Waals surface area (Å²) in [4.78, 5) is 0. The molecule has 2 aromatic carbocycles. The number of alkyl halides is 3. The molecule has 0 aliphatic heterocycles. The molecule has 153 valence electrons. The van der Waals surface area contributed by atoms with E-state index in [2.05, 4.69) is 12.2 Å². The number of ether oxygens (including phenoxy) is 1. The fourth-order valence-corrected chi connectivity index (χ4v) is 3.00. The molecule has 28 heavy (non-hydrogen) atoms. The van der Waals surface area contributed by atoms with Crippen LogP contribution >= 0.6 is 0 Å². The van der Waals surface area contributed by atoms with Gasteiger partial charge < -0.3 is 4.74 Å². The van der Waals surface area contributed by atoms with Crippen LogP contribution in [0.15, 0.2) is 48.5 Å². The molecule has 5 heteroatoms. The fraction of sp³-hybridized carbons (Fsp3) is 0.478. The summed E-state index contributed by atoms with van der Waals surface area (Å²) in [6.07, 6.45) is 3.01.